The van der Waals surface area contributed by atoms with Gasteiger partial charge in [-0.2, -0.15) is 0 Å². The Morgan fingerprint density at radius 2 is 1.95 bits per heavy atom. The van der Waals surface area contributed by atoms with Gasteiger partial charge in [-0.15, -0.1) is 11.3 Å². The Morgan fingerprint density at radius 1 is 1.20 bits per heavy atom. The third-order valence-electron chi connectivity index (χ3n) is 2.86. The van der Waals surface area contributed by atoms with Crippen molar-refractivity contribution in [1.29, 1.82) is 0 Å². The molecule has 0 saturated carbocycles. The van der Waals surface area contributed by atoms with E-state index in [0.29, 0.717) is 26.6 Å². The highest BCUT2D eigenvalue weighted by atomic mass is 35.5. The second kappa shape index (κ2) is 5.05. The first-order valence-electron chi connectivity index (χ1n) is 5.64. The molecule has 0 amide bonds. The Kier molecular flexibility index (Phi) is 3.38. The van der Waals surface area contributed by atoms with Gasteiger partial charge in [0.2, 0.25) is 0 Å². The van der Waals surface area contributed by atoms with Crippen LogP contribution in [0.1, 0.15) is 10.4 Å². The van der Waals surface area contributed by atoms with E-state index >= 15 is 0 Å². The molecule has 0 atom stereocenters. The van der Waals surface area contributed by atoms with Crippen molar-refractivity contribution >= 4 is 51.4 Å². The lowest BCUT2D eigenvalue weighted by Crippen LogP contribution is -2.00. The normalized spacial score (nSPS) is 10.9. The molecule has 20 heavy (non-hydrogen) atoms. The van der Waals surface area contributed by atoms with Crippen LogP contribution in [0.4, 0.5) is 0 Å². The van der Waals surface area contributed by atoms with Crippen LogP contribution in [-0.4, -0.2) is 16.1 Å². The summed E-state index contributed by atoms with van der Waals surface area (Å²) >= 11 is 13.7. The van der Waals surface area contributed by atoms with Gasteiger partial charge in [-0.1, -0.05) is 29.3 Å². The molecule has 0 aliphatic carbocycles. The van der Waals surface area contributed by atoms with E-state index < -0.39 is 5.97 Å². The number of fused-ring (bicyclic) bond motifs is 1. The molecule has 3 nitrogen and oxygen atoms in total. The molecular formula is C14H7Cl2NO2S. The van der Waals surface area contributed by atoms with Crippen molar-refractivity contribution in [3.05, 3.63) is 51.3 Å². The summed E-state index contributed by atoms with van der Waals surface area (Å²) in [5.74, 6) is -1.06. The lowest BCUT2D eigenvalue weighted by Gasteiger charge is -2.08. The van der Waals surface area contributed by atoms with Crippen molar-refractivity contribution < 1.29 is 9.90 Å². The number of hydrogen-bond acceptors (Lipinski definition) is 3. The Hall–Kier alpha value is -1.62. The van der Waals surface area contributed by atoms with Gasteiger partial charge >= 0.3 is 5.97 Å². The molecule has 0 aliphatic rings. The van der Waals surface area contributed by atoms with E-state index in [0.717, 1.165) is 4.88 Å². The monoisotopic (exact) mass is 323 g/mol. The Labute approximate surface area is 128 Å². The van der Waals surface area contributed by atoms with Gasteiger partial charge in [-0.05, 0) is 29.6 Å². The van der Waals surface area contributed by atoms with E-state index in [4.69, 9.17) is 23.2 Å². The Balaban J connectivity index is 2.43. The molecule has 2 heterocycles. The summed E-state index contributed by atoms with van der Waals surface area (Å²) in [6.45, 7) is 0. The molecule has 2 aromatic heterocycles. The molecule has 0 saturated heterocycles. The fraction of sp³-hybridized carbons (Fsp3) is 0. The molecule has 1 N–H and O–H groups in total. The van der Waals surface area contributed by atoms with Crippen LogP contribution in [0, 0.1) is 0 Å². The molecule has 100 valence electrons. The largest absolute Gasteiger partial charge is 0.478 e. The number of aromatic nitrogens is 1. The molecule has 6 heteroatoms. The fourth-order valence-corrected chi connectivity index (χ4v) is 3.13. The summed E-state index contributed by atoms with van der Waals surface area (Å²) in [5.41, 5.74) is 1.09. The summed E-state index contributed by atoms with van der Waals surface area (Å²) in [6, 6.07) is 8.47. The van der Waals surface area contributed by atoms with Crippen molar-refractivity contribution in [2.75, 3.05) is 0 Å². The quantitative estimate of drug-likeness (QED) is 0.724. The number of halogens is 2. The fourth-order valence-electron chi connectivity index (χ4n) is 1.99. The van der Waals surface area contributed by atoms with E-state index in [2.05, 4.69) is 4.98 Å². The topological polar surface area (TPSA) is 50.2 Å². The molecule has 0 fully saturated rings. The number of carboxylic acid groups (broad SMARTS) is 1. The van der Waals surface area contributed by atoms with Crippen LogP contribution in [0.25, 0.3) is 21.5 Å². The van der Waals surface area contributed by atoms with Crippen molar-refractivity contribution in [3.8, 4) is 10.6 Å². The van der Waals surface area contributed by atoms with Crippen molar-refractivity contribution in [1.82, 2.24) is 4.98 Å². The van der Waals surface area contributed by atoms with Crippen LogP contribution in [0.5, 0.6) is 0 Å². The standard InChI is InChI=1S/C14H7Cl2NO2S/c15-8-3-4-9(16)13-12(8)7(14(18)19)6-10(17-13)11-2-1-5-20-11/h1-6H,(H,18,19). The van der Waals surface area contributed by atoms with E-state index in [1.807, 2.05) is 17.5 Å². The molecule has 0 aliphatic heterocycles. The third kappa shape index (κ3) is 2.16. The van der Waals surface area contributed by atoms with Crippen molar-refractivity contribution in [3.63, 3.8) is 0 Å². The smallest absolute Gasteiger partial charge is 0.336 e. The number of rotatable bonds is 2. The van der Waals surface area contributed by atoms with Crippen LogP contribution >= 0.6 is 34.5 Å². The van der Waals surface area contributed by atoms with E-state index in [-0.39, 0.29) is 5.56 Å². The second-order valence-corrected chi connectivity index (χ2v) is 5.85. The highest BCUT2D eigenvalue weighted by molar-refractivity contribution is 7.13. The number of nitrogens with zero attached hydrogens (tertiary/aromatic N) is 1. The zero-order valence-electron chi connectivity index (χ0n) is 9.93. The van der Waals surface area contributed by atoms with E-state index in [9.17, 15) is 9.90 Å². The second-order valence-electron chi connectivity index (χ2n) is 4.09. The number of aromatic carboxylic acids is 1. The lowest BCUT2D eigenvalue weighted by atomic mass is 10.1. The van der Waals surface area contributed by atoms with E-state index in [1.165, 1.54) is 17.4 Å². The van der Waals surface area contributed by atoms with Crippen molar-refractivity contribution in [2.24, 2.45) is 0 Å². The van der Waals surface area contributed by atoms with Gasteiger partial charge in [0.15, 0.2) is 0 Å². The van der Waals surface area contributed by atoms with Crippen LogP contribution < -0.4 is 0 Å². The number of thiophene rings is 1. The van der Waals surface area contributed by atoms with Gasteiger partial charge in [-0.25, -0.2) is 9.78 Å². The highest BCUT2D eigenvalue weighted by Gasteiger charge is 2.17. The van der Waals surface area contributed by atoms with Crippen LogP contribution in [0.2, 0.25) is 10.0 Å². The molecule has 0 radical (unpaired) electrons. The zero-order chi connectivity index (χ0) is 14.3. The van der Waals surface area contributed by atoms with Crippen LogP contribution in [-0.2, 0) is 0 Å². The first-order chi connectivity index (χ1) is 9.58. The molecule has 0 bridgehead atoms. The first kappa shape index (κ1) is 13.4. The average molecular weight is 324 g/mol. The molecule has 0 spiro atoms. The summed E-state index contributed by atoms with van der Waals surface area (Å²) in [7, 11) is 0. The third-order valence-corrected chi connectivity index (χ3v) is 4.38. The maximum Gasteiger partial charge on any atom is 0.336 e. The molecule has 3 aromatic rings. The maximum absolute atomic E-state index is 11.5. The minimum atomic E-state index is -1.06. The number of hydrogen-bond donors (Lipinski definition) is 1. The summed E-state index contributed by atoms with van der Waals surface area (Å²) in [5, 5.41) is 12.4. The Morgan fingerprint density at radius 3 is 2.60 bits per heavy atom. The predicted molar refractivity (Wildman–Crippen MR) is 82.0 cm³/mol. The van der Waals surface area contributed by atoms with Gasteiger partial charge in [-0.3, -0.25) is 0 Å². The highest BCUT2D eigenvalue weighted by Crippen LogP contribution is 2.34. The summed E-state index contributed by atoms with van der Waals surface area (Å²) in [4.78, 5) is 16.8. The van der Waals surface area contributed by atoms with Crippen LogP contribution in [0.3, 0.4) is 0 Å². The predicted octanol–water partition coefficient (Wildman–Crippen LogP) is 4.97. The summed E-state index contributed by atoms with van der Waals surface area (Å²) < 4.78 is 0. The molecular weight excluding hydrogens is 317 g/mol. The number of benzene rings is 1. The number of carbonyl (C=O) groups is 1. The maximum atomic E-state index is 11.5. The van der Waals surface area contributed by atoms with Crippen LogP contribution in [0.15, 0.2) is 35.7 Å². The molecule has 3 rings (SSSR count). The summed E-state index contributed by atoms with van der Waals surface area (Å²) in [6.07, 6.45) is 0. The lowest BCUT2D eigenvalue weighted by molar-refractivity contribution is 0.0699. The molecule has 0 unspecified atom stereocenters. The molecule has 1 aromatic carbocycles. The van der Waals surface area contributed by atoms with Crippen molar-refractivity contribution in [2.45, 2.75) is 0 Å². The average Bonchev–Trinajstić information content (AvgIpc) is 2.96. The number of pyridine rings is 1. The Bertz CT molecular complexity index is 816. The SMILES string of the molecule is O=C(O)c1cc(-c2cccs2)nc2c(Cl)ccc(Cl)c12. The minimum Gasteiger partial charge on any atom is -0.478 e. The van der Waals surface area contributed by atoms with E-state index in [1.54, 1.807) is 12.1 Å². The van der Waals surface area contributed by atoms with Gasteiger partial charge in [0.25, 0.3) is 0 Å². The zero-order valence-corrected chi connectivity index (χ0v) is 12.3. The van der Waals surface area contributed by atoms with Gasteiger partial charge < -0.3 is 5.11 Å². The minimum absolute atomic E-state index is 0.103. The van der Waals surface area contributed by atoms with Gasteiger partial charge in [0, 0.05) is 5.39 Å². The van der Waals surface area contributed by atoms with Gasteiger partial charge in [0.05, 0.1) is 31.7 Å². The number of carboxylic acids is 1. The first-order valence-corrected chi connectivity index (χ1v) is 7.27. The van der Waals surface area contributed by atoms with Gasteiger partial charge in [0.1, 0.15) is 0 Å².